The van der Waals surface area contributed by atoms with Crippen molar-refractivity contribution in [3.05, 3.63) is 22.7 Å². The number of ether oxygens (including phenoxy) is 1. The van der Waals surface area contributed by atoms with Crippen molar-refractivity contribution >= 4 is 17.3 Å². The highest BCUT2D eigenvalue weighted by atomic mass is 35.5. The average molecular weight is 269 g/mol. The van der Waals surface area contributed by atoms with Crippen LogP contribution in [0.3, 0.4) is 0 Å². The van der Waals surface area contributed by atoms with Gasteiger partial charge in [0.05, 0.1) is 12.8 Å². The Hall–Kier alpha value is -0.930. The molecule has 18 heavy (non-hydrogen) atoms. The van der Waals surface area contributed by atoms with Gasteiger partial charge in [-0.2, -0.15) is 0 Å². The van der Waals surface area contributed by atoms with Gasteiger partial charge in [-0.3, -0.25) is 0 Å². The van der Waals surface area contributed by atoms with E-state index in [1.807, 2.05) is 19.1 Å². The van der Waals surface area contributed by atoms with Gasteiger partial charge in [-0.05, 0) is 50.3 Å². The van der Waals surface area contributed by atoms with Gasteiger partial charge in [0, 0.05) is 17.1 Å². The minimum absolute atomic E-state index is 0.367. The Morgan fingerprint density at radius 2 is 1.94 bits per heavy atom. The summed E-state index contributed by atoms with van der Waals surface area (Å²) in [6.45, 7) is 2.01. The van der Waals surface area contributed by atoms with Gasteiger partial charge in [0.15, 0.2) is 0 Å². The van der Waals surface area contributed by atoms with Gasteiger partial charge in [-0.25, -0.2) is 0 Å². The second kappa shape index (κ2) is 5.81. The fraction of sp³-hybridized carbons (Fsp3) is 0.571. The van der Waals surface area contributed by atoms with Crippen molar-refractivity contribution in [1.82, 2.24) is 0 Å². The summed E-state index contributed by atoms with van der Waals surface area (Å²) >= 11 is 6.10. The highest BCUT2D eigenvalue weighted by Crippen LogP contribution is 2.34. The number of nitrogens with one attached hydrogen (secondary N) is 1. The standard InChI is InChI=1S/C14H21ClN2O/c1-9-7-10(15)8-13(14(9)18-2)17-12-5-3-11(16)4-6-12/h7-8,11-12,17H,3-6,16H2,1-2H3. The van der Waals surface area contributed by atoms with Crippen molar-refractivity contribution < 1.29 is 4.74 Å². The minimum Gasteiger partial charge on any atom is -0.494 e. The van der Waals surface area contributed by atoms with Crippen LogP contribution in [0.4, 0.5) is 5.69 Å². The Morgan fingerprint density at radius 3 is 2.56 bits per heavy atom. The molecule has 100 valence electrons. The topological polar surface area (TPSA) is 47.3 Å². The number of halogens is 1. The molecule has 0 atom stereocenters. The van der Waals surface area contributed by atoms with Crippen LogP contribution in [0.5, 0.6) is 5.75 Å². The lowest BCUT2D eigenvalue weighted by molar-refractivity contribution is 0.400. The fourth-order valence-electron chi connectivity index (χ4n) is 2.59. The van der Waals surface area contributed by atoms with Crippen molar-refractivity contribution in [3.63, 3.8) is 0 Å². The molecule has 2 rings (SSSR count). The number of rotatable bonds is 3. The van der Waals surface area contributed by atoms with Gasteiger partial charge in [-0.15, -0.1) is 0 Å². The Bertz CT molecular complexity index is 415. The lowest BCUT2D eigenvalue weighted by Crippen LogP contribution is -2.32. The molecule has 0 aliphatic heterocycles. The van der Waals surface area contributed by atoms with Gasteiger partial charge < -0.3 is 15.8 Å². The van der Waals surface area contributed by atoms with Crippen LogP contribution >= 0.6 is 11.6 Å². The quantitative estimate of drug-likeness (QED) is 0.884. The smallest absolute Gasteiger partial charge is 0.144 e. The summed E-state index contributed by atoms with van der Waals surface area (Å²) < 4.78 is 5.45. The molecule has 0 unspecified atom stereocenters. The first-order valence-electron chi connectivity index (χ1n) is 6.46. The van der Waals surface area contributed by atoms with Gasteiger partial charge in [0.1, 0.15) is 5.75 Å². The maximum atomic E-state index is 6.10. The molecule has 0 heterocycles. The van der Waals surface area contributed by atoms with E-state index in [4.69, 9.17) is 22.1 Å². The van der Waals surface area contributed by atoms with Crippen LogP contribution in [0.2, 0.25) is 5.02 Å². The third kappa shape index (κ3) is 3.09. The van der Waals surface area contributed by atoms with E-state index in [1.54, 1.807) is 7.11 Å². The highest BCUT2D eigenvalue weighted by molar-refractivity contribution is 6.31. The predicted molar refractivity (Wildman–Crippen MR) is 76.6 cm³/mol. The molecule has 4 heteroatoms. The van der Waals surface area contributed by atoms with Crippen LogP contribution in [0, 0.1) is 6.92 Å². The molecule has 0 radical (unpaired) electrons. The molecule has 1 aliphatic rings. The maximum Gasteiger partial charge on any atom is 0.144 e. The third-order valence-corrected chi connectivity index (χ3v) is 3.79. The molecule has 1 aromatic carbocycles. The lowest BCUT2D eigenvalue weighted by Gasteiger charge is -2.28. The molecule has 0 bridgehead atoms. The normalized spacial score (nSPS) is 23.8. The van der Waals surface area contributed by atoms with Crippen LogP contribution in [-0.4, -0.2) is 19.2 Å². The van der Waals surface area contributed by atoms with Gasteiger partial charge >= 0.3 is 0 Å². The lowest BCUT2D eigenvalue weighted by atomic mass is 9.91. The summed E-state index contributed by atoms with van der Waals surface area (Å²) in [5.41, 5.74) is 7.97. The second-order valence-corrected chi connectivity index (χ2v) is 5.50. The van der Waals surface area contributed by atoms with Crippen molar-refractivity contribution in [2.24, 2.45) is 5.73 Å². The fourth-order valence-corrected chi connectivity index (χ4v) is 2.86. The van der Waals surface area contributed by atoms with Crippen molar-refractivity contribution in [2.75, 3.05) is 12.4 Å². The van der Waals surface area contributed by atoms with Gasteiger partial charge in [-0.1, -0.05) is 11.6 Å². The molecule has 1 saturated carbocycles. The first-order chi connectivity index (χ1) is 8.60. The Morgan fingerprint density at radius 1 is 1.28 bits per heavy atom. The Balaban J connectivity index is 2.13. The summed E-state index contributed by atoms with van der Waals surface area (Å²) in [6.07, 6.45) is 4.38. The maximum absolute atomic E-state index is 6.10. The molecule has 0 amide bonds. The minimum atomic E-state index is 0.367. The SMILES string of the molecule is COc1c(C)cc(Cl)cc1NC1CCC(N)CC1. The number of hydrogen-bond acceptors (Lipinski definition) is 3. The average Bonchev–Trinajstić information content (AvgIpc) is 2.32. The molecular formula is C14H21ClN2O. The number of nitrogens with two attached hydrogens (primary N) is 1. The predicted octanol–water partition coefficient (Wildman–Crippen LogP) is 3.34. The summed E-state index contributed by atoms with van der Waals surface area (Å²) in [7, 11) is 1.69. The summed E-state index contributed by atoms with van der Waals surface area (Å²) in [4.78, 5) is 0. The summed E-state index contributed by atoms with van der Waals surface area (Å²) in [5, 5.41) is 4.28. The zero-order valence-electron chi connectivity index (χ0n) is 11.0. The van der Waals surface area contributed by atoms with E-state index in [1.165, 1.54) is 0 Å². The molecule has 1 aromatic rings. The number of methoxy groups -OCH3 is 1. The Labute approximate surface area is 114 Å². The van der Waals surface area contributed by atoms with Crippen LogP contribution in [0.1, 0.15) is 31.2 Å². The second-order valence-electron chi connectivity index (χ2n) is 5.06. The van der Waals surface area contributed by atoms with E-state index >= 15 is 0 Å². The van der Waals surface area contributed by atoms with Crippen molar-refractivity contribution in [1.29, 1.82) is 0 Å². The van der Waals surface area contributed by atoms with Crippen LogP contribution in [0.15, 0.2) is 12.1 Å². The molecule has 0 saturated heterocycles. The molecule has 3 nitrogen and oxygen atoms in total. The van der Waals surface area contributed by atoms with Gasteiger partial charge in [0.2, 0.25) is 0 Å². The van der Waals surface area contributed by atoms with E-state index in [2.05, 4.69) is 5.32 Å². The number of benzene rings is 1. The van der Waals surface area contributed by atoms with E-state index in [0.717, 1.165) is 47.7 Å². The first kappa shape index (κ1) is 13.5. The molecule has 0 aromatic heterocycles. The molecule has 1 fully saturated rings. The molecule has 0 spiro atoms. The van der Waals surface area contributed by atoms with E-state index < -0.39 is 0 Å². The van der Waals surface area contributed by atoms with Gasteiger partial charge in [0.25, 0.3) is 0 Å². The first-order valence-corrected chi connectivity index (χ1v) is 6.84. The van der Waals surface area contributed by atoms with Crippen molar-refractivity contribution in [2.45, 2.75) is 44.7 Å². The zero-order chi connectivity index (χ0) is 13.1. The van der Waals surface area contributed by atoms with E-state index in [-0.39, 0.29) is 0 Å². The van der Waals surface area contributed by atoms with E-state index in [9.17, 15) is 0 Å². The van der Waals surface area contributed by atoms with Crippen LogP contribution < -0.4 is 15.8 Å². The monoisotopic (exact) mass is 268 g/mol. The van der Waals surface area contributed by atoms with Crippen LogP contribution in [-0.2, 0) is 0 Å². The highest BCUT2D eigenvalue weighted by Gasteiger charge is 2.20. The molecule has 3 N–H and O–H groups in total. The molecular weight excluding hydrogens is 248 g/mol. The number of anilines is 1. The molecule has 1 aliphatic carbocycles. The van der Waals surface area contributed by atoms with Crippen molar-refractivity contribution in [3.8, 4) is 5.75 Å². The summed E-state index contributed by atoms with van der Waals surface area (Å²) in [6, 6.07) is 4.69. The van der Waals surface area contributed by atoms with Crippen LogP contribution in [0.25, 0.3) is 0 Å². The van der Waals surface area contributed by atoms with E-state index in [0.29, 0.717) is 12.1 Å². The zero-order valence-corrected chi connectivity index (χ0v) is 11.8. The Kier molecular flexibility index (Phi) is 4.36. The third-order valence-electron chi connectivity index (χ3n) is 3.57. The number of aryl methyl sites for hydroxylation is 1. The largest absolute Gasteiger partial charge is 0.494 e. The number of hydrogen-bond donors (Lipinski definition) is 2. The summed E-state index contributed by atoms with van der Waals surface area (Å²) in [5.74, 6) is 0.884.